The molecule has 0 aliphatic heterocycles. The molecule has 8 heteroatoms. The third-order valence-corrected chi connectivity index (χ3v) is 5.76. The standard InChI is InChI=1S/C28H22ClN5O2/c1-19-16-23(36-28-30-14-5-15-31-28)12-13-25(19)32-27(35)24-18-34(17-20-6-3-2-4-7-20)33-26(24)21-8-10-22(29)11-9-21/h2-16,18H,17H2,1H3,(H,32,35). The Morgan fingerprint density at radius 3 is 2.44 bits per heavy atom. The molecule has 36 heavy (non-hydrogen) atoms. The first kappa shape index (κ1) is 23.3. The maximum Gasteiger partial charge on any atom is 0.321 e. The summed E-state index contributed by atoms with van der Waals surface area (Å²) in [6.45, 7) is 2.44. The fourth-order valence-corrected chi connectivity index (χ4v) is 3.86. The van der Waals surface area contributed by atoms with Crippen molar-refractivity contribution in [3.8, 4) is 23.0 Å². The smallest absolute Gasteiger partial charge is 0.321 e. The van der Waals surface area contributed by atoms with Gasteiger partial charge in [0.15, 0.2) is 0 Å². The van der Waals surface area contributed by atoms with Crippen molar-refractivity contribution < 1.29 is 9.53 Å². The van der Waals surface area contributed by atoms with E-state index in [0.717, 1.165) is 16.7 Å². The molecule has 7 nitrogen and oxygen atoms in total. The zero-order valence-corrected chi connectivity index (χ0v) is 20.2. The molecule has 0 unspecified atom stereocenters. The highest BCUT2D eigenvalue weighted by molar-refractivity contribution is 6.30. The van der Waals surface area contributed by atoms with Crippen LogP contribution in [0.3, 0.4) is 0 Å². The molecule has 2 aromatic heterocycles. The first-order valence-electron chi connectivity index (χ1n) is 11.3. The molecule has 0 aliphatic rings. The number of rotatable bonds is 7. The van der Waals surface area contributed by atoms with Crippen LogP contribution in [0.4, 0.5) is 5.69 Å². The summed E-state index contributed by atoms with van der Waals surface area (Å²) in [5.41, 5.74) is 4.44. The van der Waals surface area contributed by atoms with E-state index < -0.39 is 0 Å². The SMILES string of the molecule is Cc1cc(Oc2ncccn2)ccc1NC(=O)c1cn(Cc2ccccc2)nc1-c1ccc(Cl)cc1. The van der Waals surface area contributed by atoms with Crippen LogP contribution in [0.5, 0.6) is 11.8 Å². The lowest BCUT2D eigenvalue weighted by atomic mass is 10.1. The van der Waals surface area contributed by atoms with Crippen LogP contribution in [0, 0.1) is 6.92 Å². The third-order valence-electron chi connectivity index (χ3n) is 5.51. The summed E-state index contributed by atoms with van der Waals surface area (Å²) in [5.74, 6) is 0.316. The first-order valence-corrected chi connectivity index (χ1v) is 11.7. The molecule has 0 radical (unpaired) electrons. The van der Waals surface area contributed by atoms with Crippen LogP contribution in [-0.2, 0) is 6.54 Å². The van der Waals surface area contributed by atoms with Crippen LogP contribution in [-0.4, -0.2) is 25.7 Å². The van der Waals surface area contributed by atoms with Crippen molar-refractivity contribution in [3.63, 3.8) is 0 Å². The molecule has 3 aromatic carbocycles. The average molecular weight is 496 g/mol. The van der Waals surface area contributed by atoms with Gasteiger partial charge in [0, 0.05) is 34.9 Å². The monoisotopic (exact) mass is 495 g/mol. The molecule has 178 valence electrons. The number of aryl methyl sites for hydroxylation is 1. The van der Waals surface area contributed by atoms with E-state index in [-0.39, 0.29) is 11.9 Å². The van der Waals surface area contributed by atoms with Crippen LogP contribution < -0.4 is 10.1 Å². The van der Waals surface area contributed by atoms with Crippen molar-refractivity contribution in [2.75, 3.05) is 5.32 Å². The Morgan fingerprint density at radius 1 is 0.972 bits per heavy atom. The van der Waals surface area contributed by atoms with E-state index in [2.05, 4.69) is 15.3 Å². The third kappa shape index (κ3) is 5.42. The van der Waals surface area contributed by atoms with Crippen molar-refractivity contribution in [1.29, 1.82) is 0 Å². The summed E-state index contributed by atoms with van der Waals surface area (Å²) >= 11 is 6.08. The lowest BCUT2D eigenvalue weighted by Crippen LogP contribution is -2.13. The summed E-state index contributed by atoms with van der Waals surface area (Å²) in [6.07, 6.45) is 4.99. The van der Waals surface area contributed by atoms with E-state index in [0.29, 0.717) is 34.3 Å². The molecule has 0 bridgehead atoms. The zero-order chi connectivity index (χ0) is 24.9. The average Bonchev–Trinajstić information content (AvgIpc) is 3.31. The van der Waals surface area contributed by atoms with Crippen molar-refractivity contribution in [3.05, 3.63) is 119 Å². The molecule has 0 saturated carbocycles. The molecule has 0 spiro atoms. The number of nitrogens with one attached hydrogen (secondary N) is 1. The molecule has 5 aromatic rings. The van der Waals surface area contributed by atoms with Crippen LogP contribution in [0.2, 0.25) is 5.02 Å². The predicted molar refractivity (Wildman–Crippen MR) is 139 cm³/mol. The highest BCUT2D eigenvalue weighted by Gasteiger charge is 2.19. The highest BCUT2D eigenvalue weighted by Crippen LogP contribution is 2.28. The molecule has 5 rings (SSSR count). The lowest BCUT2D eigenvalue weighted by molar-refractivity contribution is 0.102. The molecule has 1 N–H and O–H groups in total. The molecule has 1 amide bonds. The number of hydrogen-bond donors (Lipinski definition) is 1. The fraction of sp³-hybridized carbons (Fsp3) is 0.0714. The Hall–Kier alpha value is -4.49. The van der Waals surface area contributed by atoms with Gasteiger partial charge in [-0.3, -0.25) is 9.48 Å². The van der Waals surface area contributed by atoms with E-state index in [1.165, 1.54) is 0 Å². The minimum atomic E-state index is -0.262. The molecule has 0 atom stereocenters. The Morgan fingerprint density at radius 2 is 1.72 bits per heavy atom. The largest absolute Gasteiger partial charge is 0.424 e. The number of hydrogen-bond acceptors (Lipinski definition) is 5. The summed E-state index contributed by atoms with van der Waals surface area (Å²) in [4.78, 5) is 21.6. The summed E-state index contributed by atoms with van der Waals surface area (Å²) in [7, 11) is 0. The van der Waals surface area contributed by atoms with Gasteiger partial charge in [0.05, 0.1) is 12.1 Å². The van der Waals surface area contributed by atoms with E-state index in [9.17, 15) is 4.79 Å². The minimum Gasteiger partial charge on any atom is -0.424 e. The minimum absolute atomic E-state index is 0.257. The number of anilines is 1. The van der Waals surface area contributed by atoms with Gasteiger partial charge >= 0.3 is 6.01 Å². The normalized spacial score (nSPS) is 10.7. The maximum absolute atomic E-state index is 13.4. The van der Waals surface area contributed by atoms with Crippen LogP contribution >= 0.6 is 11.6 Å². The van der Waals surface area contributed by atoms with Crippen LogP contribution in [0.15, 0.2) is 97.5 Å². The summed E-state index contributed by atoms with van der Waals surface area (Å²) < 4.78 is 7.47. The Labute approximate surface area is 213 Å². The number of ether oxygens (including phenoxy) is 1. The number of halogens is 1. The summed E-state index contributed by atoms with van der Waals surface area (Å²) in [6, 6.07) is 24.6. The van der Waals surface area contributed by atoms with E-state index in [4.69, 9.17) is 21.4 Å². The Balaban J connectivity index is 1.41. The van der Waals surface area contributed by atoms with Gasteiger partial charge in [-0.25, -0.2) is 9.97 Å². The lowest BCUT2D eigenvalue weighted by Gasteiger charge is -2.10. The quantitative estimate of drug-likeness (QED) is 0.282. The number of amides is 1. The van der Waals surface area contributed by atoms with Crippen molar-refractivity contribution in [1.82, 2.24) is 19.7 Å². The van der Waals surface area contributed by atoms with Gasteiger partial charge in [-0.05, 0) is 54.4 Å². The maximum atomic E-state index is 13.4. The predicted octanol–water partition coefficient (Wildman–Crippen LogP) is 6.39. The van der Waals surface area contributed by atoms with Crippen LogP contribution in [0.1, 0.15) is 21.5 Å². The van der Waals surface area contributed by atoms with Crippen LogP contribution in [0.25, 0.3) is 11.3 Å². The van der Waals surface area contributed by atoms with Crippen molar-refractivity contribution in [2.45, 2.75) is 13.5 Å². The number of carbonyl (C=O) groups is 1. The van der Waals surface area contributed by atoms with Gasteiger partial charge in [-0.1, -0.05) is 54.1 Å². The number of aromatic nitrogens is 4. The molecule has 0 saturated heterocycles. The second kappa shape index (κ2) is 10.4. The zero-order valence-electron chi connectivity index (χ0n) is 19.4. The van der Waals surface area contributed by atoms with Gasteiger partial charge < -0.3 is 10.1 Å². The first-order chi connectivity index (χ1) is 17.5. The summed E-state index contributed by atoms with van der Waals surface area (Å²) in [5, 5.41) is 8.36. The molecule has 0 fully saturated rings. The van der Waals surface area contributed by atoms with Gasteiger partial charge in [-0.2, -0.15) is 5.10 Å². The highest BCUT2D eigenvalue weighted by atomic mass is 35.5. The van der Waals surface area contributed by atoms with E-state index in [1.54, 1.807) is 53.6 Å². The van der Waals surface area contributed by atoms with Crippen molar-refractivity contribution >= 4 is 23.2 Å². The van der Waals surface area contributed by atoms with Gasteiger partial charge in [0.1, 0.15) is 11.4 Å². The van der Waals surface area contributed by atoms with E-state index in [1.807, 2.05) is 55.5 Å². The van der Waals surface area contributed by atoms with Crippen molar-refractivity contribution in [2.24, 2.45) is 0 Å². The Kier molecular flexibility index (Phi) is 6.73. The molecular weight excluding hydrogens is 474 g/mol. The second-order valence-electron chi connectivity index (χ2n) is 8.15. The van der Waals surface area contributed by atoms with E-state index >= 15 is 0 Å². The molecule has 2 heterocycles. The molecule has 0 aliphatic carbocycles. The number of nitrogens with zero attached hydrogens (tertiary/aromatic N) is 4. The Bertz CT molecular complexity index is 1490. The number of carbonyl (C=O) groups excluding carboxylic acids is 1. The fourth-order valence-electron chi connectivity index (χ4n) is 3.73. The van der Waals surface area contributed by atoms with Gasteiger partial charge in [0.2, 0.25) is 0 Å². The van der Waals surface area contributed by atoms with Gasteiger partial charge in [0.25, 0.3) is 5.91 Å². The molecular formula is C28H22ClN5O2. The van der Waals surface area contributed by atoms with Gasteiger partial charge in [-0.15, -0.1) is 0 Å². The topological polar surface area (TPSA) is 81.9 Å². The second-order valence-corrected chi connectivity index (χ2v) is 8.58. The number of benzene rings is 3.